The molecule has 0 bridgehead atoms. The second-order valence-corrected chi connectivity index (χ2v) is 7.08. The number of hydrogen-bond acceptors (Lipinski definition) is 3. The van der Waals surface area contributed by atoms with Crippen LogP contribution < -0.4 is 5.32 Å². The zero-order valence-electron chi connectivity index (χ0n) is 9.56. The van der Waals surface area contributed by atoms with Crippen LogP contribution in [0.5, 0.6) is 0 Å². The minimum atomic E-state index is -3.09. The van der Waals surface area contributed by atoms with Crippen LogP contribution in [0.25, 0.3) is 0 Å². The van der Waals surface area contributed by atoms with Gasteiger partial charge in [0.05, 0.1) is 6.26 Å². The van der Waals surface area contributed by atoms with E-state index in [1.54, 1.807) is 0 Å². The van der Waals surface area contributed by atoms with Crippen LogP contribution in [0, 0.1) is 0 Å². The predicted molar refractivity (Wildman–Crippen MR) is 71.3 cm³/mol. The first kappa shape index (κ1) is 13.0. The minimum absolute atomic E-state index is 0.0755. The molecule has 0 radical (unpaired) electrons. The van der Waals surface area contributed by atoms with Crippen LogP contribution in [0.3, 0.4) is 0 Å². The molecule has 2 rings (SSSR count). The number of nitrogens with one attached hydrogen (secondary N) is 1. The second-order valence-electron chi connectivity index (χ2n) is 4.18. The van der Waals surface area contributed by atoms with Gasteiger partial charge in [-0.15, -0.1) is 0 Å². The summed E-state index contributed by atoms with van der Waals surface area (Å²) in [7, 11) is -3.09. The largest absolute Gasteiger partial charge is 0.308 e. The van der Waals surface area contributed by atoms with E-state index in [1.807, 2.05) is 24.3 Å². The lowest BCUT2D eigenvalue weighted by molar-refractivity contribution is 0.303. The van der Waals surface area contributed by atoms with Gasteiger partial charge in [-0.25, -0.2) is 8.42 Å². The lowest BCUT2D eigenvalue weighted by atomic mass is 10.1. The summed E-state index contributed by atoms with van der Waals surface area (Å²) in [6, 6.07) is 8.03. The van der Waals surface area contributed by atoms with Crippen molar-refractivity contribution < 1.29 is 8.42 Å². The summed E-state index contributed by atoms with van der Waals surface area (Å²) < 4.78 is 25.6. The number of rotatable bonds is 2. The Balaban J connectivity index is 2.15. The minimum Gasteiger partial charge on any atom is -0.308 e. The van der Waals surface area contributed by atoms with E-state index in [-0.39, 0.29) is 6.04 Å². The molecule has 1 unspecified atom stereocenters. The molecule has 6 heteroatoms. The molecule has 1 aliphatic heterocycles. The highest BCUT2D eigenvalue weighted by molar-refractivity contribution is 9.10. The third-order valence-corrected chi connectivity index (χ3v) is 4.68. The van der Waals surface area contributed by atoms with E-state index in [9.17, 15) is 8.42 Å². The van der Waals surface area contributed by atoms with Gasteiger partial charge in [-0.1, -0.05) is 28.1 Å². The average Bonchev–Trinajstić information content (AvgIpc) is 2.29. The first-order valence-corrected chi connectivity index (χ1v) is 8.05. The van der Waals surface area contributed by atoms with Crippen molar-refractivity contribution in [1.29, 1.82) is 0 Å². The maximum atomic E-state index is 11.5. The number of hydrogen-bond donors (Lipinski definition) is 1. The van der Waals surface area contributed by atoms with Gasteiger partial charge in [0.15, 0.2) is 0 Å². The summed E-state index contributed by atoms with van der Waals surface area (Å²) in [5.74, 6) is 0. The van der Waals surface area contributed by atoms with E-state index in [2.05, 4.69) is 21.2 Å². The van der Waals surface area contributed by atoms with E-state index in [0.717, 1.165) is 10.0 Å². The van der Waals surface area contributed by atoms with Crippen molar-refractivity contribution in [3.63, 3.8) is 0 Å². The predicted octanol–water partition coefficient (Wildman–Crippen LogP) is 1.35. The molecule has 0 spiro atoms. The zero-order chi connectivity index (χ0) is 12.5. The lowest BCUT2D eigenvalue weighted by Crippen LogP contribution is -2.47. The monoisotopic (exact) mass is 318 g/mol. The van der Waals surface area contributed by atoms with Gasteiger partial charge in [0.1, 0.15) is 0 Å². The Morgan fingerprint density at radius 3 is 2.59 bits per heavy atom. The summed E-state index contributed by atoms with van der Waals surface area (Å²) in [5.41, 5.74) is 1.11. The van der Waals surface area contributed by atoms with E-state index in [4.69, 9.17) is 0 Å². The maximum absolute atomic E-state index is 11.5. The van der Waals surface area contributed by atoms with Gasteiger partial charge in [-0.2, -0.15) is 4.31 Å². The van der Waals surface area contributed by atoms with Crippen LogP contribution in [0.15, 0.2) is 28.7 Å². The van der Waals surface area contributed by atoms with Gasteiger partial charge in [-0.05, 0) is 17.7 Å². The molecular weight excluding hydrogens is 304 g/mol. The Labute approximate surface area is 110 Å². The van der Waals surface area contributed by atoms with Crippen molar-refractivity contribution in [2.24, 2.45) is 0 Å². The van der Waals surface area contributed by atoms with E-state index >= 15 is 0 Å². The van der Waals surface area contributed by atoms with Crippen LogP contribution >= 0.6 is 15.9 Å². The Hall–Kier alpha value is -0.430. The van der Waals surface area contributed by atoms with Crippen LogP contribution in [-0.4, -0.2) is 38.6 Å². The maximum Gasteiger partial charge on any atom is 0.211 e. The summed E-state index contributed by atoms with van der Waals surface area (Å²) in [6.45, 7) is 1.74. The normalized spacial score (nSPS) is 22.6. The molecule has 0 aromatic heterocycles. The molecule has 0 amide bonds. The fourth-order valence-corrected chi connectivity index (χ4v) is 3.05. The molecule has 1 saturated heterocycles. The molecule has 1 heterocycles. The Kier molecular flexibility index (Phi) is 3.87. The molecular formula is C11H15BrN2O2S. The molecule has 1 fully saturated rings. The Bertz CT molecular complexity index is 487. The summed E-state index contributed by atoms with van der Waals surface area (Å²) in [6.07, 6.45) is 1.26. The van der Waals surface area contributed by atoms with Crippen LogP contribution in [0.4, 0.5) is 0 Å². The topological polar surface area (TPSA) is 49.4 Å². The molecule has 1 aliphatic rings. The van der Waals surface area contributed by atoms with Crippen molar-refractivity contribution in [3.05, 3.63) is 34.3 Å². The molecule has 94 valence electrons. The fourth-order valence-electron chi connectivity index (χ4n) is 1.94. The summed E-state index contributed by atoms with van der Waals surface area (Å²) in [4.78, 5) is 0. The number of halogens is 1. The van der Waals surface area contributed by atoms with Gasteiger partial charge >= 0.3 is 0 Å². The van der Waals surface area contributed by atoms with Gasteiger partial charge < -0.3 is 5.32 Å². The molecule has 0 aliphatic carbocycles. The van der Waals surface area contributed by atoms with Crippen LogP contribution in [-0.2, 0) is 10.0 Å². The molecule has 17 heavy (non-hydrogen) atoms. The standard InChI is InChI=1S/C11H15BrN2O2S/c1-17(15,16)14-7-6-13-11(8-14)9-2-4-10(12)5-3-9/h2-5,11,13H,6-8H2,1H3. The summed E-state index contributed by atoms with van der Waals surface area (Å²) >= 11 is 3.39. The highest BCUT2D eigenvalue weighted by Crippen LogP contribution is 2.20. The highest BCUT2D eigenvalue weighted by Gasteiger charge is 2.26. The highest BCUT2D eigenvalue weighted by atomic mass is 79.9. The SMILES string of the molecule is CS(=O)(=O)N1CCNC(c2ccc(Br)cc2)C1. The first-order chi connectivity index (χ1) is 7.97. The molecule has 0 saturated carbocycles. The quantitative estimate of drug-likeness (QED) is 0.895. The fraction of sp³-hybridized carbons (Fsp3) is 0.455. The zero-order valence-corrected chi connectivity index (χ0v) is 12.0. The lowest BCUT2D eigenvalue weighted by Gasteiger charge is -2.32. The van der Waals surface area contributed by atoms with E-state index < -0.39 is 10.0 Å². The van der Waals surface area contributed by atoms with Gasteiger partial charge in [0.25, 0.3) is 0 Å². The summed E-state index contributed by atoms with van der Waals surface area (Å²) in [5, 5.41) is 3.34. The number of piperazine rings is 1. The first-order valence-electron chi connectivity index (χ1n) is 5.41. The van der Waals surface area contributed by atoms with Crippen molar-refractivity contribution in [2.75, 3.05) is 25.9 Å². The average molecular weight is 319 g/mol. The van der Waals surface area contributed by atoms with Crippen molar-refractivity contribution in [2.45, 2.75) is 6.04 Å². The molecule has 1 aromatic carbocycles. The van der Waals surface area contributed by atoms with Crippen LogP contribution in [0.1, 0.15) is 11.6 Å². The number of sulfonamides is 1. The van der Waals surface area contributed by atoms with Crippen molar-refractivity contribution in [1.82, 2.24) is 9.62 Å². The van der Waals surface area contributed by atoms with Gasteiger partial charge in [0, 0.05) is 30.1 Å². The number of nitrogens with zero attached hydrogens (tertiary/aromatic N) is 1. The third-order valence-electron chi connectivity index (χ3n) is 2.88. The molecule has 1 aromatic rings. The Morgan fingerprint density at radius 1 is 1.35 bits per heavy atom. The van der Waals surface area contributed by atoms with Crippen molar-refractivity contribution >= 4 is 26.0 Å². The smallest absolute Gasteiger partial charge is 0.211 e. The Morgan fingerprint density at radius 2 is 2.00 bits per heavy atom. The van der Waals surface area contributed by atoms with Gasteiger partial charge in [0.2, 0.25) is 10.0 Å². The molecule has 4 nitrogen and oxygen atoms in total. The third kappa shape index (κ3) is 3.28. The van der Waals surface area contributed by atoms with E-state index in [1.165, 1.54) is 10.6 Å². The molecule has 1 N–H and O–H groups in total. The van der Waals surface area contributed by atoms with Gasteiger partial charge in [-0.3, -0.25) is 0 Å². The number of benzene rings is 1. The van der Waals surface area contributed by atoms with E-state index in [0.29, 0.717) is 19.6 Å². The van der Waals surface area contributed by atoms with Crippen LogP contribution in [0.2, 0.25) is 0 Å². The van der Waals surface area contributed by atoms with Crippen molar-refractivity contribution in [3.8, 4) is 0 Å². The molecule has 1 atom stereocenters. The second kappa shape index (κ2) is 5.06.